The monoisotopic (exact) mass is 622 g/mol. The van der Waals surface area contributed by atoms with Gasteiger partial charge in [-0.1, -0.05) is 12.8 Å². The van der Waals surface area contributed by atoms with Crippen LogP contribution in [0.2, 0.25) is 0 Å². The average Bonchev–Trinajstić information content (AvgIpc) is 3.41. The molecule has 2 heterocycles. The smallest absolute Gasteiger partial charge is 0.341 e. The molecule has 2 rings (SSSR count). The molecule has 2 aromatic heterocycles. The summed E-state index contributed by atoms with van der Waals surface area (Å²) in [5.41, 5.74) is 1.33. The van der Waals surface area contributed by atoms with Crippen LogP contribution in [0.5, 0.6) is 0 Å². The van der Waals surface area contributed by atoms with Gasteiger partial charge in [-0.05, 0) is 65.5 Å². The Bertz CT molecular complexity index is 1230. The molecule has 0 fully saturated rings. The second kappa shape index (κ2) is 16.6. The molecule has 0 saturated heterocycles. The van der Waals surface area contributed by atoms with E-state index < -0.39 is 24.0 Å². The number of carbonyl (C=O) groups excluding carboxylic acids is 6. The highest BCUT2D eigenvalue weighted by Gasteiger charge is 2.26. The second-order valence-corrected chi connectivity index (χ2v) is 11.3. The second-order valence-electron chi connectivity index (χ2n) is 9.25. The maximum Gasteiger partial charge on any atom is 0.341 e. The average molecular weight is 623 g/mol. The minimum atomic E-state index is -0.595. The number of thiophene rings is 2. The Kier molecular flexibility index (Phi) is 13.6. The van der Waals surface area contributed by atoms with Gasteiger partial charge in [-0.3, -0.25) is 20.2 Å². The van der Waals surface area contributed by atoms with Crippen molar-refractivity contribution in [2.24, 2.45) is 0 Å². The number of ketones is 2. The first kappa shape index (κ1) is 34.4. The summed E-state index contributed by atoms with van der Waals surface area (Å²) >= 11 is 2.08. The van der Waals surface area contributed by atoms with Gasteiger partial charge in [0.15, 0.2) is 11.6 Å². The number of nitrogens with one attached hydrogen (secondary N) is 4. The van der Waals surface area contributed by atoms with Gasteiger partial charge in [-0.15, -0.1) is 22.7 Å². The number of carbonyl (C=O) groups is 6. The van der Waals surface area contributed by atoms with Gasteiger partial charge in [0.05, 0.1) is 34.1 Å². The molecule has 0 aromatic carbocycles. The molecule has 14 heteroatoms. The van der Waals surface area contributed by atoms with Crippen molar-refractivity contribution < 1.29 is 38.2 Å². The van der Waals surface area contributed by atoms with Crippen LogP contribution in [0.1, 0.15) is 105 Å². The Morgan fingerprint density at radius 3 is 1.29 bits per heavy atom. The van der Waals surface area contributed by atoms with Crippen LogP contribution in [0.4, 0.5) is 19.6 Å². The number of urea groups is 2. The van der Waals surface area contributed by atoms with Gasteiger partial charge in [0.1, 0.15) is 10.0 Å². The van der Waals surface area contributed by atoms with Gasteiger partial charge in [-0.2, -0.15) is 0 Å². The van der Waals surface area contributed by atoms with Gasteiger partial charge >= 0.3 is 24.0 Å². The quantitative estimate of drug-likeness (QED) is 0.112. The lowest BCUT2D eigenvalue weighted by Crippen LogP contribution is -2.30. The zero-order valence-corrected chi connectivity index (χ0v) is 26.4. The Morgan fingerprint density at radius 1 is 0.619 bits per heavy atom. The number of anilines is 2. The Morgan fingerprint density at radius 2 is 0.976 bits per heavy atom. The van der Waals surface area contributed by atoms with E-state index in [0.29, 0.717) is 46.8 Å². The number of hydrogen-bond acceptors (Lipinski definition) is 10. The van der Waals surface area contributed by atoms with Crippen molar-refractivity contribution in [1.29, 1.82) is 0 Å². The van der Waals surface area contributed by atoms with Gasteiger partial charge in [0.2, 0.25) is 0 Å². The molecule has 0 spiro atoms. The van der Waals surface area contributed by atoms with E-state index in [-0.39, 0.29) is 45.9 Å². The van der Waals surface area contributed by atoms with Crippen LogP contribution in [-0.4, -0.2) is 61.9 Å². The number of unbranched alkanes of at least 4 members (excludes halogenated alkanes) is 3. The highest BCUT2D eigenvalue weighted by Crippen LogP contribution is 2.35. The van der Waals surface area contributed by atoms with Crippen molar-refractivity contribution in [2.75, 3.05) is 36.9 Å². The first-order chi connectivity index (χ1) is 19.9. The van der Waals surface area contributed by atoms with Crippen LogP contribution in [0, 0.1) is 13.8 Å². The predicted octanol–water partition coefficient (Wildman–Crippen LogP) is 5.69. The fourth-order valence-electron chi connectivity index (χ4n) is 4.07. The summed E-state index contributed by atoms with van der Waals surface area (Å²) in [4.78, 5) is 74.1. The summed E-state index contributed by atoms with van der Waals surface area (Å²) < 4.78 is 10.2. The molecule has 0 aliphatic heterocycles. The molecule has 42 heavy (non-hydrogen) atoms. The SMILES string of the molecule is CCOC(=O)c1c(NC(=O)NCCCCCCNC(=O)Nc2sc(C(C)=O)c(C)c2C(=O)OCC)sc(C(C)=O)c1C. The molecule has 0 atom stereocenters. The minimum absolute atomic E-state index is 0.169. The molecular weight excluding hydrogens is 584 g/mol. The lowest BCUT2D eigenvalue weighted by atomic mass is 10.1. The summed E-state index contributed by atoms with van der Waals surface area (Å²) in [7, 11) is 0. The zero-order valence-electron chi connectivity index (χ0n) is 24.7. The third-order valence-corrected chi connectivity index (χ3v) is 8.64. The first-order valence-corrected chi connectivity index (χ1v) is 15.3. The molecule has 0 unspecified atom stereocenters. The van der Waals surface area contributed by atoms with E-state index in [0.717, 1.165) is 35.5 Å². The third-order valence-electron chi connectivity index (χ3n) is 6.02. The predicted molar refractivity (Wildman–Crippen MR) is 163 cm³/mol. The maximum atomic E-state index is 12.4. The van der Waals surface area contributed by atoms with Crippen molar-refractivity contribution >= 4 is 68.2 Å². The summed E-state index contributed by atoms with van der Waals surface area (Å²) in [6.07, 6.45) is 2.97. The molecule has 4 amide bonds. The summed E-state index contributed by atoms with van der Waals surface area (Å²) in [6.45, 7) is 10.6. The fraction of sp³-hybridized carbons (Fsp3) is 0.500. The van der Waals surface area contributed by atoms with Crippen molar-refractivity contribution in [3.63, 3.8) is 0 Å². The van der Waals surface area contributed by atoms with Gasteiger partial charge in [0.25, 0.3) is 0 Å². The number of ether oxygens (including phenoxy) is 2. The molecule has 0 radical (unpaired) electrons. The third kappa shape index (κ3) is 9.38. The van der Waals surface area contributed by atoms with Crippen LogP contribution >= 0.6 is 22.7 Å². The van der Waals surface area contributed by atoms with Crippen LogP contribution in [-0.2, 0) is 9.47 Å². The normalized spacial score (nSPS) is 10.5. The first-order valence-electron chi connectivity index (χ1n) is 13.6. The van der Waals surface area contributed by atoms with Gasteiger partial charge < -0.3 is 20.1 Å². The van der Waals surface area contributed by atoms with Crippen LogP contribution in [0.15, 0.2) is 0 Å². The fourth-order valence-corrected chi connectivity index (χ4v) is 6.25. The lowest BCUT2D eigenvalue weighted by Gasteiger charge is -2.09. The highest BCUT2D eigenvalue weighted by molar-refractivity contribution is 7.19. The topological polar surface area (TPSA) is 169 Å². The summed E-state index contributed by atoms with van der Waals surface area (Å²) in [5.74, 6) is -1.59. The van der Waals surface area contributed by atoms with Crippen LogP contribution in [0.3, 0.4) is 0 Å². The number of rotatable bonds is 15. The maximum absolute atomic E-state index is 12.4. The molecule has 0 aliphatic rings. The molecule has 4 N–H and O–H groups in total. The highest BCUT2D eigenvalue weighted by atomic mass is 32.1. The Balaban J connectivity index is 1.75. The standard InChI is InChI=1S/C28H38N4O8S2/c1-7-39-25(35)19-15(3)21(17(5)33)41-23(19)31-27(37)29-13-11-9-10-12-14-30-28(38)32-24-20(26(36)40-8-2)16(4)22(42-24)18(6)34/h7-14H2,1-6H3,(H2,29,31,37)(H2,30,32,38). The van der Waals surface area contributed by atoms with E-state index in [1.165, 1.54) is 13.8 Å². The largest absolute Gasteiger partial charge is 0.462 e. The molecule has 2 aromatic rings. The number of esters is 2. The molecule has 12 nitrogen and oxygen atoms in total. The van der Waals surface area contributed by atoms with E-state index in [2.05, 4.69) is 21.3 Å². The molecule has 0 aliphatic carbocycles. The minimum Gasteiger partial charge on any atom is -0.462 e. The van der Waals surface area contributed by atoms with E-state index in [1.54, 1.807) is 27.7 Å². The Hall–Kier alpha value is -3.78. The molecule has 0 bridgehead atoms. The Labute approximate surface area is 252 Å². The van der Waals surface area contributed by atoms with Crippen molar-refractivity contribution in [3.8, 4) is 0 Å². The zero-order chi connectivity index (χ0) is 31.4. The van der Waals surface area contributed by atoms with Crippen molar-refractivity contribution in [2.45, 2.75) is 67.2 Å². The number of Topliss-reactive ketones (excluding diaryl/α,β-unsaturated/α-hetero) is 2. The molecule has 230 valence electrons. The van der Waals surface area contributed by atoms with Gasteiger partial charge in [0, 0.05) is 13.1 Å². The van der Waals surface area contributed by atoms with E-state index >= 15 is 0 Å². The summed E-state index contributed by atoms with van der Waals surface area (Å²) in [5, 5.41) is 11.3. The number of amides is 4. The van der Waals surface area contributed by atoms with Crippen molar-refractivity contribution in [1.82, 2.24) is 10.6 Å². The molecular formula is C28H38N4O8S2. The van der Waals surface area contributed by atoms with E-state index in [1.807, 2.05) is 0 Å². The molecule has 0 saturated carbocycles. The lowest BCUT2D eigenvalue weighted by molar-refractivity contribution is 0.0517. The van der Waals surface area contributed by atoms with E-state index in [9.17, 15) is 28.8 Å². The van der Waals surface area contributed by atoms with Crippen LogP contribution in [0.25, 0.3) is 0 Å². The van der Waals surface area contributed by atoms with Crippen LogP contribution < -0.4 is 21.3 Å². The van der Waals surface area contributed by atoms with E-state index in [4.69, 9.17) is 9.47 Å². The summed E-state index contributed by atoms with van der Waals surface area (Å²) in [6, 6.07) is -0.983. The van der Waals surface area contributed by atoms with Crippen molar-refractivity contribution in [3.05, 3.63) is 32.0 Å². The van der Waals surface area contributed by atoms with Gasteiger partial charge in [-0.25, -0.2) is 19.2 Å². The number of hydrogen-bond donors (Lipinski definition) is 4.